The van der Waals surface area contributed by atoms with E-state index in [9.17, 15) is 23.3 Å². The summed E-state index contributed by atoms with van der Waals surface area (Å²) in [6.45, 7) is 0.366. The molecule has 1 aromatic carbocycles. The number of carboxylic acid groups (broad SMARTS) is 1. The molecule has 3 N–H and O–H groups in total. The van der Waals surface area contributed by atoms with Crippen LogP contribution in [0.1, 0.15) is 5.56 Å². The fourth-order valence-electron chi connectivity index (χ4n) is 1.54. The quantitative estimate of drug-likeness (QED) is 0.479. The maximum Gasteiger partial charge on any atom is 0.324 e. The van der Waals surface area contributed by atoms with Crippen molar-refractivity contribution in [1.29, 1.82) is 0 Å². The molecule has 0 aliphatic heterocycles. The van der Waals surface area contributed by atoms with Gasteiger partial charge in [0.05, 0.1) is 11.5 Å². The first-order valence-electron chi connectivity index (χ1n) is 5.30. The summed E-state index contributed by atoms with van der Waals surface area (Å²) in [6.07, 6.45) is 0. The number of carboxylic acids is 1. The van der Waals surface area contributed by atoms with Crippen LogP contribution < -0.4 is 4.72 Å². The number of hydrogen-bond donors (Lipinski definition) is 3. The normalized spacial score (nSPS) is 12.9. The van der Waals surface area contributed by atoms with Crippen molar-refractivity contribution in [3.05, 3.63) is 33.9 Å². The van der Waals surface area contributed by atoms with E-state index in [2.05, 4.69) is 0 Å². The van der Waals surface area contributed by atoms with Crippen molar-refractivity contribution in [2.24, 2.45) is 0 Å². The summed E-state index contributed by atoms with van der Waals surface area (Å²) in [4.78, 5) is 20.1. The molecule has 0 heterocycles. The highest BCUT2D eigenvalue weighted by Crippen LogP contribution is 2.26. The molecule has 20 heavy (non-hydrogen) atoms. The number of rotatable bonds is 6. The lowest BCUT2D eigenvalue weighted by Crippen LogP contribution is -2.43. The molecule has 0 radical (unpaired) electrons. The lowest BCUT2D eigenvalue weighted by molar-refractivity contribution is -0.387. The average Bonchev–Trinajstić information content (AvgIpc) is 2.34. The molecule has 1 rings (SSSR count). The van der Waals surface area contributed by atoms with E-state index < -0.39 is 44.1 Å². The number of aliphatic hydroxyl groups is 1. The summed E-state index contributed by atoms with van der Waals surface area (Å²) in [5.74, 6) is -1.59. The second-order valence-electron chi connectivity index (χ2n) is 3.87. The fourth-order valence-corrected chi connectivity index (χ4v) is 3.12. The highest BCUT2D eigenvalue weighted by Gasteiger charge is 2.31. The first-order chi connectivity index (χ1) is 9.20. The van der Waals surface area contributed by atoms with Crippen LogP contribution in [0, 0.1) is 17.0 Å². The number of aliphatic hydroxyl groups excluding tert-OH is 1. The summed E-state index contributed by atoms with van der Waals surface area (Å²) in [5.41, 5.74) is -0.576. The smallest absolute Gasteiger partial charge is 0.324 e. The van der Waals surface area contributed by atoms with Gasteiger partial charge in [-0.1, -0.05) is 12.1 Å². The van der Waals surface area contributed by atoms with Crippen molar-refractivity contribution in [3.8, 4) is 0 Å². The molecule has 0 unspecified atom stereocenters. The van der Waals surface area contributed by atoms with Crippen LogP contribution in [0.2, 0.25) is 0 Å². The van der Waals surface area contributed by atoms with Crippen molar-refractivity contribution in [3.63, 3.8) is 0 Å². The van der Waals surface area contributed by atoms with Crippen molar-refractivity contribution >= 4 is 21.7 Å². The molecular weight excluding hydrogens is 292 g/mol. The molecule has 1 atom stereocenters. The van der Waals surface area contributed by atoms with Gasteiger partial charge in [0.25, 0.3) is 5.69 Å². The summed E-state index contributed by atoms with van der Waals surface area (Å²) < 4.78 is 25.8. The first-order valence-corrected chi connectivity index (χ1v) is 6.79. The van der Waals surface area contributed by atoms with E-state index in [1.54, 1.807) is 4.72 Å². The number of nitrogens with zero attached hydrogens (tertiary/aromatic N) is 1. The molecule has 0 bridgehead atoms. The maximum absolute atomic E-state index is 12.1. The predicted molar refractivity (Wildman–Crippen MR) is 66.7 cm³/mol. The molecule has 0 saturated heterocycles. The highest BCUT2D eigenvalue weighted by molar-refractivity contribution is 7.89. The zero-order valence-electron chi connectivity index (χ0n) is 10.3. The second kappa shape index (κ2) is 5.94. The van der Waals surface area contributed by atoms with Gasteiger partial charge in [0.15, 0.2) is 4.90 Å². The Morgan fingerprint density at radius 2 is 2.10 bits per heavy atom. The molecule has 0 spiro atoms. The van der Waals surface area contributed by atoms with Gasteiger partial charge >= 0.3 is 5.97 Å². The van der Waals surface area contributed by atoms with Crippen molar-refractivity contribution < 1.29 is 28.3 Å². The molecule has 0 fully saturated rings. The number of carbonyl (C=O) groups is 1. The second-order valence-corrected chi connectivity index (χ2v) is 5.53. The average molecular weight is 304 g/mol. The van der Waals surface area contributed by atoms with E-state index in [4.69, 9.17) is 10.2 Å². The number of hydrogen-bond acceptors (Lipinski definition) is 6. The van der Waals surface area contributed by atoms with Crippen molar-refractivity contribution in [1.82, 2.24) is 4.72 Å². The van der Waals surface area contributed by atoms with E-state index in [1.807, 2.05) is 0 Å². The van der Waals surface area contributed by atoms with Gasteiger partial charge < -0.3 is 10.2 Å². The molecule has 0 saturated carbocycles. The zero-order chi connectivity index (χ0) is 15.5. The van der Waals surface area contributed by atoms with Gasteiger partial charge in [-0.05, 0) is 12.5 Å². The molecule has 9 nitrogen and oxygen atoms in total. The van der Waals surface area contributed by atoms with Crippen molar-refractivity contribution in [2.75, 3.05) is 6.61 Å². The van der Waals surface area contributed by atoms with Gasteiger partial charge in [-0.25, -0.2) is 8.42 Å². The number of nitro groups is 1. The first kappa shape index (κ1) is 16.0. The van der Waals surface area contributed by atoms with Crippen LogP contribution in [0.25, 0.3) is 0 Å². The van der Waals surface area contributed by atoms with Crippen LogP contribution in [0.15, 0.2) is 23.1 Å². The minimum Gasteiger partial charge on any atom is -0.480 e. The lowest BCUT2D eigenvalue weighted by Gasteiger charge is -2.13. The Morgan fingerprint density at radius 3 is 2.55 bits per heavy atom. The maximum atomic E-state index is 12.1. The van der Waals surface area contributed by atoms with Crippen LogP contribution in [-0.4, -0.2) is 42.2 Å². The number of aliphatic carboxylic acids is 1. The SMILES string of the molecule is Cc1cccc([N+](=O)[O-])c1S(=O)(=O)N[C@@H](CO)C(=O)O. The lowest BCUT2D eigenvalue weighted by atomic mass is 10.2. The molecule has 0 amide bonds. The van der Waals surface area contributed by atoms with Gasteiger partial charge in [-0.15, -0.1) is 0 Å². The molecule has 10 heteroatoms. The van der Waals surface area contributed by atoms with Gasteiger partial charge in [0.1, 0.15) is 6.04 Å². The summed E-state index contributed by atoms with van der Waals surface area (Å²) in [5, 5.41) is 28.4. The summed E-state index contributed by atoms with van der Waals surface area (Å²) in [7, 11) is -4.46. The van der Waals surface area contributed by atoms with Crippen LogP contribution in [0.3, 0.4) is 0 Å². The molecular formula is C10H12N2O7S. The summed E-state index contributed by atoms with van der Waals surface area (Å²) >= 11 is 0. The molecule has 0 aliphatic rings. The monoisotopic (exact) mass is 304 g/mol. The largest absolute Gasteiger partial charge is 0.480 e. The number of benzene rings is 1. The van der Waals surface area contributed by atoms with E-state index >= 15 is 0 Å². The van der Waals surface area contributed by atoms with Crippen molar-refractivity contribution in [2.45, 2.75) is 17.9 Å². The Bertz CT molecular complexity index is 641. The standard InChI is InChI=1S/C10H12N2O7S/c1-6-3-2-4-8(12(16)17)9(6)20(18,19)11-7(5-13)10(14)15/h2-4,7,11,13H,5H2,1H3,(H,14,15)/t7-/m0/s1. The molecule has 110 valence electrons. The third kappa shape index (κ3) is 3.29. The van der Waals surface area contributed by atoms with Gasteiger partial charge in [-0.2, -0.15) is 4.72 Å². The van der Waals surface area contributed by atoms with E-state index in [1.165, 1.54) is 19.1 Å². The number of sulfonamides is 1. The molecule has 0 aromatic heterocycles. The number of nitro benzene ring substituents is 1. The number of nitrogens with one attached hydrogen (secondary N) is 1. The summed E-state index contributed by atoms with van der Waals surface area (Å²) in [6, 6.07) is 1.87. The Kier molecular flexibility index (Phi) is 4.76. The van der Waals surface area contributed by atoms with Crippen LogP contribution in [0.4, 0.5) is 5.69 Å². The number of aryl methyl sites for hydroxylation is 1. The fraction of sp³-hybridized carbons (Fsp3) is 0.300. The minimum atomic E-state index is -4.46. The highest BCUT2D eigenvalue weighted by atomic mass is 32.2. The predicted octanol–water partition coefficient (Wildman–Crippen LogP) is -0.373. The van der Waals surface area contributed by atoms with Gasteiger partial charge in [-0.3, -0.25) is 14.9 Å². The van der Waals surface area contributed by atoms with E-state index in [-0.39, 0.29) is 5.56 Å². The van der Waals surface area contributed by atoms with Crippen LogP contribution >= 0.6 is 0 Å². The van der Waals surface area contributed by atoms with E-state index in [0.717, 1.165) is 6.07 Å². The molecule has 0 aliphatic carbocycles. The Labute approximate surface area is 114 Å². The van der Waals surface area contributed by atoms with Crippen LogP contribution in [-0.2, 0) is 14.8 Å². The Hall–Kier alpha value is -2.04. The molecule has 1 aromatic rings. The topological polar surface area (TPSA) is 147 Å². The third-order valence-corrected chi connectivity index (χ3v) is 4.10. The van der Waals surface area contributed by atoms with Gasteiger partial charge in [0, 0.05) is 6.07 Å². The minimum absolute atomic E-state index is 0.0915. The van der Waals surface area contributed by atoms with Gasteiger partial charge in [0.2, 0.25) is 10.0 Å². The Morgan fingerprint density at radius 1 is 1.50 bits per heavy atom. The third-order valence-electron chi connectivity index (χ3n) is 2.43. The Balaban J connectivity index is 3.36. The zero-order valence-corrected chi connectivity index (χ0v) is 11.1. The van der Waals surface area contributed by atoms with E-state index in [0.29, 0.717) is 0 Å². The van der Waals surface area contributed by atoms with Crippen LogP contribution in [0.5, 0.6) is 0 Å².